The second kappa shape index (κ2) is 5.35. The molecule has 1 aliphatic heterocycles. The normalized spacial score (nSPS) is 23.0. The molecule has 0 spiro atoms. The van der Waals surface area contributed by atoms with Crippen LogP contribution in [0.15, 0.2) is 0 Å². The average molecular weight is 199 g/mol. The number of rotatable bonds is 4. The van der Waals surface area contributed by atoms with Gasteiger partial charge in [-0.1, -0.05) is 13.8 Å². The highest BCUT2D eigenvalue weighted by Gasteiger charge is 2.24. The third-order valence-electron chi connectivity index (χ3n) is 3.11. The van der Waals surface area contributed by atoms with Gasteiger partial charge in [-0.05, 0) is 24.8 Å². The Kier molecular flexibility index (Phi) is 4.39. The van der Waals surface area contributed by atoms with Crippen LogP contribution in [0.25, 0.3) is 0 Å². The fraction of sp³-hybridized carbons (Fsp3) is 0.909. The third kappa shape index (κ3) is 3.29. The summed E-state index contributed by atoms with van der Waals surface area (Å²) in [4.78, 5) is 13.3. The van der Waals surface area contributed by atoms with Gasteiger partial charge in [0.15, 0.2) is 0 Å². The van der Waals surface area contributed by atoms with E-state index in [0.29, 0.717) is 6.42 Å². The number of nitrogens with zero attached hydrogens (tertiary/aromatic N) is 1. The quantitative estimate of drug-likeness (QED) is 0.643. The summed E-state index contributed by atoms with van der Waals surface area (Å²) in [6, 6.07) is 0. The first-order chi connectivity index (χ1) is 6.63. The summed E-state index contributed by atoms with van der Waals surface area (Å²) in [5.41, 5.74) is 0. The molecule has 0 radical (unpaired) electrons. The largest absolute Gasteiger partial charge is 0.469 e. The second-order valence-electron chi connectivity index (χ2n) is 4.42. The average Bonchev–Trinajstić information content (AvgIpc) is 2.62. The topological polar surface area (TPSA) is 29.5 Å². The molecular weight excluding hydrogens is 178 g/mol. The lowest BCUT2D eigenvalue weighted by molar-refractivity contribution is -0.140. The smallest absolute Gasteiger partial charge is 0.306 e. The van der Waals surface area contributed by atoms with Gasteiger partial charge < -0.3 is 9.64 Å². The minimum absolute atomic E-state index is 0.0991. The van der Waals surface area contributed by atoms with E-state index in [-0.39, 0.29) is 5.97 Å². The van der Waals surface area contributed by atoms with Crippen molar-refractivity contribution in [2.24, 2.45) is 11.8 Å². The molecule has 0 aliphatic carbocycles. The number of carbonyl (C=O) groups is 1. The van der Waals surface area contributed by atoms with Crippen LogP contribution in [-0.4, -0.2) is 37.6 Å². The van der Waals surface area contributed by atoms with Crippen molar-refractivity contribution in [2.75, 3.05) is 26.7 Å². The summed E-state index contributed by atoms with van der Waals surface area (Å²) in [7, 11) is 1.45. The highest BCUT2D eigenvalue weighted by Crippen LogP contribution is 2.23. The summed E-state index contributed by atoms with van der Waals surface area (Å²) in [5, 5.41) is 0. The highest BCUT2D eigenvalue weighted by molar-refractivity contribution is 5.69. The van der Waals surface area contributed by atoms with Gasteiger partial charge in [0.1, 0.15) is 0 Å². The van der Waals surface area contributed by atoms with Crippen molar-refractivity contribution in [2.45, 2.75) is 26.7 Å². The first-order valence-electron chi connectivity index (χ1n) is 5.42. The van der Waals surface area contributed by atoms with Gasteiger partial charge in [-0.2, -0.15) is 0 Å². The maximum absolute atomic E-state index is 10.9. The predicted molar refractivity (Wildman–Crippen MR) is 56.0 cm³/mol. The number of ether oxygens (including phenoxy) is 1. The molecule has 0 amide bonds. The van der Waals surface area contributed by atoms with Crippen molar-refractivity contribution in [1.82, 2.24) is 4.90 Å². The van der Waals surface area contributed by atoms with E-state index in [1.54, 1.807) is 0 Å². The Morgan fingerprint density at radius 1 is 1.57 bits per heavy atom. The predicted octanol–water partition coefficient (Wildman–Crippen LogP) is 1.53. The number of esters is 1. The molecule has 0 aromatic heterocycles. The second-order valence-corrected chi connectivity index (χ2v) is 4.42. The minimum Gasteiger partial charge on any atom is -0.469 e. The summed E-state index contributed by atoms with van der Waals surface area (Å²) < 4.78 is 4.62. The molecule has 1 rings (SSSR count). The van der Waals surface area contributed by atoms with Crippen LogP contribution in [-0.2, 0) is 9.53 Å². The molecule has 1 unspecified atom stereocenters. The van der Waals surface area contributed by atoms with Gasteiger partial charge >= 0.3 is 5.97 Å². The van der Waals surface area contributed by atoms with Gasteiger partial charge in [0.05, 0.1) is 13.5 Å². The fourth-order valence-electron chi connectivity index (χ4n) is 1.96. The van der Waals surface area contributed by atoms with Crippen molar-refractivity contribution in [3.05, 3.63) is 0 Å². The molecule has 0 aromatic rings. The zero-order valence-corrected chi connectivity index (χ0v) is 9.45. The van der Waals surface area contributed by atoms with Gasteiger partial charge in [0.2, 0.25) is 0 Å². The zero-order valence-electron chi connectivity index (χ0n) is 9.45. The molecular formula is C11H21NO2. The zero-order chi connectivity index (χ0) is 10.6. The molecule has 3 heteroatoms. The summed E-state index contributed by atoms with van der Waals surface area (Å²) >= 11 is 0. The van der Waals surface area contributed by atoms with E-state index in [1.165, 1.54) is 13.5 Å². The Labute approximate surface area is 86.4 Å². The monoisotopic (exact) mass is 199 g/mol. The molecule has 3 nitrogen and oxygen atoms in total. The maximum Gasteiger partial charge on any atom is 0.306 e. The molecule has 1 aliphatic rings. The van der Waals surface area contributed by atoms with Crippen LogP contribution in [0.1, 0.15) is 26.7 Å². The van der Waals surface area contributed by atoms with Crippen molar-refractivity contribution < 1.29 is 9.53 Å². The Bertz CT molecular complexity index is 192. The SMILES string of the molecule is COC(=O)CCN1CCC(C(C)C)C1. The summed E-state index contributed by atoms with van der Waals surface area (Å²) in [5.74, 6) is 1.48. The molecule has 0 N–H and O–H groups in total. The summed E-state index contributed by atoms with van der Waals surface area (Å²) in [6.07, 6.45) is 1.81. The lowest BCUT2D eigenvalue weighted by Gasteiger charge is -2.16. The molecule has 14 heavy (non-hydrogen) atoms. The number of hydrogen-bond acceptors (Lipinski definition) is 3. The van der Waals surface area contributed by atoms with E-state index in [0.717, 1.165) is 31.5 Å². The van der Waals surface area contributed by atoms with Crippen LogP contribution < -0.4 is 0 Å². The van der Waals surface area contributed by atoms with Crippen molar-refractivity contribution in [3.8, 4) is 0 Å². The highest BCUT2D eigenvalue weighted by atomic mass is 16.5. The van der Waals surface area contributed by atoms with E-state index in [1.807, 2.05) is 0 Å². The van der Waals surface area contributed by atoms with E-state index in [9.17, 15) is 4.79 Å². The van der Waals surface area contributed by atoms with Crippen LogP contribution in [0.3, 0.4) is 0 Å². The lowest BCUT2D eigenvalue weighted by atomic mass is 9.95. The number of carbonyl (C=O) groups excluding carboxylic acids is 1. The first kappa shape index (κ1) is 11.5. The number of methoxy groups -OCH3 is 1. The lowest BCUT2D eigenvalue weighted by Crippen LogP contribution is -2.25. The third-order valence-corrected chi connectivity index (χ3v) is 3.11. The Morgan fingerprint density at radius 3 is 2.79 bits per heavy atom. The molecule has 0 aromatic carbocycles. The van der Waals surface area contributed by atoms with E-state index < -0.39 is 0 Å². The standard InChI is InChI=1S/C11H21NO2/c1-9(2)10-4-6-12(8-10)7-5-11(13)14-3/h9-10H,4-8H2,1-3H3. The van der Waals surface area contributed by atoms with E-state index >= 15 is 0 Å². The van der Waals surface area contributed by atoms with Crippen molar-refractivity contribution in [3.63, 3.8) is 0 Å². The number of hydrogen-bond donors (Lipinski definition) is 0. The molecule has 1 heterocycles. The molecule has 1 saturated heterocycles. The molecule has 1 fully saturated rings. The molecule has 1 atom stereocenters. The fourth-order valence-corrected chi connectivity index (χ4v) is 1.96. The maximum atomic E-state index is 10.9. The van der Waals surface area contributed by atoms with Gasteiger partial charge in [0, 0.05) is 13.1 Å². The Hall–Kier alpha value is -0.570. The van der Waals surface area contributed by atoms with Gasteiger partial charge in [-0.15, -0.1) is 0 Å². The van der Waals surface area contributed by atoms with Crippen LogP contribution in [0.4, 0.5) is 0 Å². The van der Waals surface area contributed by atoms with Crippen LogP contribution in [0.5, 0.6) is 0 Å². The van der Waals surface area contributed by atoms with Crippen molar-refractivity contribution >= 4 is 5.97 Å². The van der Waals surface area contributed by atoms with Gasteiger partial charge in [-0.3, -0.25) is 4.79 Å². The Balaban J connectivity index is 2.19. The van der Waals surface area contributed by atoms with E-state index in [2.05, 4.69) is 23.5 Å². The number of likely N-dealkylation sites (tertiary alicyclic amines) is 1. The van der Waals surface area contributed by atoms with Gasteiger partial charge in [-0.25, -0.2) is 0 Å². The van der Waals surface area contributed by atoms with Gasteiger partial charge in [0.25, 0.3) is 0 Å². The van der Waals surface area contributed by atoms with Crippen molar-refractivity contribution in [1.29, 1.82) is 0 Å². The molecule has 0 bridgehead atoms. The summed E-state index contributed by atoms with van der Waals surface area (Å²) in [6.45, 7) is 7.69. The molecule has 82 valence electrons. The van der Waals surface area contributed by atoms with Crippen LogP contribution in [0.2, 0.25) is 0 Å². The van der Waals surface area contributed by atoms with Crippen LogP contribution >= 0.6 is 0 Å². The van der Waals surface area contributed by atoms with E-state index in [4.69, 9.17) is 0 Å². The minimum atomic E-state index is -0.0991. The Morgan fingerprint density at radius 2 is 2.29 bits per heavy atom. The molecule has 0 saturated carbocycles. The van der Waals surface area contributed by atoms with Crippen LogP contribution in [0, 0.1) is 11.8 Å². The first-order valence-corrected chi connectivity index (χ1v) is 5.42.